The van der Waals surface area contributed by atoms with Gasteiger partial charge in [0, 0.05) is 11.9 Å². The predicted molar refractivity (Wildman–Crippen MR) is 57.3 cm³/mol. The average molecular weight is 256 g/mol. The SMILES string of the molecule is Brc1c[c-]cc(Oc2cccnc2)c1.[Li+]. The summed E-state index contributed by atoms with van der Waals surface area (Å²) in [6.45, 7) is 0. The fraction of sp³-hybridized carbons (Fsp3) is 0. The Labute approximate surface area is 109 Å². The fourth-order valence-electron chi connectivity index (χ4n) is 1.03. The van der Waals surface area contributed by atoms with Crippen LogP contribution in [-0.4, -0.2) is 4.98 Å². The molecule has 2 rings (SSSR count). The molecular weight excluding hydrogens is 249 g/mol. The maximum absolute atomic E-state index is 5.54. The molecule has 1 aromatic carbocycles. The van der Waals surface area contributed by atoms with Crippen molar-refractivity contribution in [1.82, 2.24) is 4.98 Å². The van der Waals surface area contributed by atoms with Crippen LogP contribution in [0.5, 0.6) is 11.5 Å². The molecule has 1 heterocycles. The van der Waals surface area contributed by atoms with Gasteiger partial charge in [-0.3, -0.25) is 4.98 Å². The molecule has 0 aliphatic rings. The Kier molecular flexibility index (Phi) is 4.90. The molecule has 0 unspecified atom stereocenters. The van der Waals surface area contributed by atoms with Crippen LogP contribution in [0, 0.1) is 6.07 Å². The molecule has 4 heteroatoms. The average Bonchev–Trinajstić information content (AvgIpc) is 2.19. The Hall–Kier alpha value is -0.753. The Morgan fingerprint density at radius 3 is 2.80 bits per heavy atom. The monoisotopic (exact) mass is 255 g/mol. The van der Waals surface area contributed by atoms with Crippen molar-refractivity contribution in [1.29, 1.82) is 0 Å². The minimum Gasteiger partial charge on any atom is -0.515 e. The fourth-order valence-corrected chi connectivity index (χ4v) is 1.38. The van der Waals surface area contributed by atoms with Crippen molar-refractivity contribution in [2.75, 3.05) is 0 Å². The standard InChI is InChI=1S/C11H7BrNO.Li/c12-9-3-1-4-10(7-9)14-11-5-2-6-13-8-11;/h2-8H;/q-1;+1. The first kappa shape index (κ1) is 12.3. The summed E-state index contributed by atoms with van der Waals surface area (Å²) in [5, 5.41) is 0. The summed E-state index contributed by atoms with van der Waals surface area (Å²) in [6.07, 6.45) is 3.38. The van der Waals surface area contributed by atoms with E-state index in [1.54, 1.807) is 18.5 Å². The summed E-state index contributed by atoms with van der Waals surface area (Å²) in [5.41, 5.74) is 0. The molecule has 0 aliphatic carbocycles. The van der Waals surface area contributed by atoms with Crippen LogP contribution in [0.1, 0.15) is 0 Å². The number of aromatic nitrogens is 1. The maximum Gasteiger partial charge on any atom is 1.00 e. The minimum absolute atomic E-state index is 0. The molecule has 0 radical (unpaired) electrons. The largest absolute Gasteiger partial charge is 1.00 e. The zero-order valence-electron chi connectivity index (χ0n) is 8.27. The molecule has 0 aliphatic heterocycles. The van der Waals surface area contributed by atoms with Gasteiger partial charge in [0.2, 0.25) is 0 Å². The van der Waals surface area contributed by atoms with Gasteiger partial charge in [0.15, 0.2) is 0 Å². The number of hydrogen-bond donors (Lipinski definition) is 0. The number of halogens is 1. The maximum atomic E-state index is 5.54. The van der Waals surface area contributed by atoms with Crippen LogP contribution in [0.4, 0.5) is 0 Å². The van der Waals surface area contributed by atoms with E-state index in [0.717, 1.165) is 16.0 Å². The molecule has 0 atom stereocenters. The molecule has 0 spiro atoms. The topological polar surface area (TPSA) is 22.1 Å². The van der Waals surface area contributed by atoms with Gasteiger partial charge in [-0.2, -0.15) is 12.1 Å². The third kappa shape index (κ3) is 3.71. The molecule has 1 aromatic heterocycles. The van der Waals surface area contributed by atoms with Crippen molar-refractivity contribution in [3.8, 4) is 11.5 Å². The third-order valence-electron chi connectivity index (χ3n) is 1.60. The summed E-state index contributed by atoms with van der Waals surface area (Å²) in [4.78, 5) is 3.96. The van der Waals surface area contributed by atoms with Crippen molar-refractivity contribution in [2.45, 2.75) is 0 Å². The van der Waals surface area contributed by atoms with Crippen molar-refractivity contribution >= 4 is 15.9 Å². The quantitative estimate of drug-likeness (QED) is 0.574. The number of hydrogen-bond acceptors (Lipinski definition) is 2. The number of pyridine rings is 1. The zero-order chi connectivity index (χ0) is 9.80. The molecule has 2 aromatic rings. The normalized spacial score (nSPS) is 9.13. The van der Waals surface area contributed by atoms with Gasteiger partial charge in [-0.15, -0.1) is 28.1 Å². The first-order valence-corrected chi connectivity index (χ1v) is 4.88. The summed E-state index contributed by atoms with van der Waals surface area (Å²) < 4.78 is 6.48. The van der Waals surface area contributed by atoms with Crippen LogP contribution in [0.3, 0.4) is 0 Å². The van der Waals surface area contributed by atoms with E-state index in [9.17, 15) is 0 Å². The van der Waals surface area contributed by atoms with Gasteiger partial charge in [0.1, 0.15) is 5.75 Å². The molecule has 0 fully saturated rings. The van der Waals surface area contributed by atoms with Crippen LogP contribution in [0.2, 0.25) is 0 Å². The Balaban J connectivity index is 0.00000112. The second kappa shape index (κ2) is 5.97. The van der Waals surface area contributed by atoms with Crippen LogP contribution in [0.15, 0.2) is 47.2 Å². The molecule has 0 amide bonds. The van der Waals surface area contributed by atoms with Crippen LogP contribution >= 0.6 is 15.9 Å². The van der Waals surface area contributed by atoms with E-state index in [1.165, 1.54) is 0 Å². The molecule has 0 N–H and O–H groups in total. The van der Waals surface area contributed by atoms with E-state index in [0.29, 0.717) is 0 Å². The first-order chi connectivity index (χ1) is 6.84. The zero-order valence-corrected chi connectivity index (χ0v) is 9.86. The van der Waals surface area contributed by atoms with Gasteiger partial charge < -0.3 is 4.74 Å². The summed E-state index contributed by atoms with van der Waals surface area (Å²) >= 11 is 3.35. The summed E-state index contributed by atoms with van der Waals surface area (Å²) in [5.74, 6) is 1.46. The van der Waals surface area contributed by atoms with E-state index in [2.05, 4.69) is 27.0 Å². The molecule has 0 bridgehead atoms. The van der Waals surface area contributed by atoms with E-state index in [4.69, 9.17) is 4.74 Å². The van der Waals surface area contributed by atoms with E-state index < -0.39 is 0 Å². The molecule has 70 valence electrons. The van der Waals surface area contributed by atoms with Gasteiger partial charge in [-0.25, -0.2) is 0 Å². The van der Waals surface area contributed by atoms with Gasteiger partial charge in [-0.1, -0.05) is 4.47 Å². The number of ether oxygens (including phenoxy) is 1. The number of nitrogens with zero attached hydrogens (tertiary/aromatic N) is 1. The van der Waals surface area contributed by atoms with Crippen LogP contribution in [0.25, 0.3) is 0 Å². The minimum atomic E-state index is 0. The second-order valence-corrected chi connectivity index (χ2v) is 3.59. The first-order valence-electron chi connectivity index (χ1n) is 4.09. The predicted octanol–water partition coefficient (Wildman–Crippen LogP) is 0.441. The third-order valence-corrected chi connectivity index (χ3v) is 2.05. The van der Waals surface area contributed by atoms with E-state index in [1.807, 2.05) is 24.3 Å². The molecule has 0 saturated heterocycles. The molecular formula is C11H7BrLiNO. The summed E-state index contributed by atoms with van der Waals surface area (Å²) in [6, 6.07) is 12.1. The van der Waals surface area contributed by atoms with Crippen LogP contribution < -0.4 is 23.6 Å². The van der Waals surface area contributed by atoms with E-state index >= 15 is 0 Å². The van der Waals surface area contributed by atoms with Gasteiger partial charge in [-0.05, 0) is 12.1 Å². The van der Waals surface area contributed by atoms with Gasteiger partial charge in [0.25, 0.3) is 0 Å². The van der Waals surface area contributed by atoms with Gasteiger partial charge >= 0.3 is 18.9 Å². The Morgan fingerprint density at radius 1 is 1.27 bits per heavy atom. The summed E-state index contributed by atoms with van der Waals surface area (Å²) in [7, 11) is 0. The second-order valence-electron chi connectivity index (χ2n) is 2.68. The van der Waals surface area contributed by atoms with Crippen molar-refractivity contribution in [3.05, 3.63) is 53.3 Å². The molecule has 0 saturated carbocycles. The number of rotatable bonds is 2. The number of benzene rings is 1. The van der Waals surface area contributed by atoms with Crippen molar-refractivity contribution in [2.24, 2.45) is 0 Å². The Morgan fingerprint density at radius 2 is 2.13 bits per heavy atom. The van der Waals surface area contributed by atoms with Gasteiger partial charge in [0.05, 0.1) is 6.20 Å². The van der Waals surface area contributed by atoms with Crippen molar-refractivity contribution in [3.63, 3.8) is 0 Å². The molecule has 2 nitrogen and oxygen atoms in total. The molecule has 15 heavy (non-hydrogen) atoms. The Bertz CT molecular complexity index is 422. The van der Waals surface area contributed by atoms with Crippen LogP contribution in [-0.2, 0) is 0 Å². The van der Waals surface area contributed by atoms with E-state index in [-0.39, 0.29) is 18.9 Å². The smallest absolute Gasteiger partial charge is 0.515 e. The van der Waals surface area contributed by atoms with Crippen molar-refractivity contribution < 1.29 is 23.6 Å².